The van der Waals surface area contributed by atoms with E-state index in [4.69, 9.17) is 0 Å². The minimum Gasteiger partial charge on any atom is -0.357 e. The van der Waals surface area contributed by atoms with Gasteiger partial charge in [0.1, 0.15) is 0 Å². The molecule has 3 nitrogen and oxygen atoms in total. The van der Waals surface area contributed by atoms with Crippen molar-refractivity contribution < 1.29 is 0 Å². The summed E-state index contributed by atoms with van der Waals surface area (Å²) in [5.41, 5.74) is 2.51. The lowest BCUT2D eigenvalue weighted by Gasteiger charge is -2.14. The van der Waals surface area contributed by atoms with Crippen LogP contribution >= 0.6 is 15.9 Å². The van der Waals surface area contributed by atoms with Gasteiger partial charge in [0.25, 0.3) is 0 Å². The van der Waals surface area contributed by atoms with Crippen LogP contribution in [-0.4, -0.2) is 18.5 Å². The molecule has 0 amide bonds. The third-order valence-electron chi connectivity index (χ3n) is 2.48. The molecule has 0 spiro atoms. The molecular weight excluding hydrogens is 290 g/mol. The number of nitrogens with zero attached hydrogens (tertiary/aromatic N) is 1. The highest BCUT2D eigenvalue weighted by Gasteiger charge is 2.01. The molecular formula is C14H22BrN3. The Bertz CT molecular complexity index is 414. The number of halogens is 1. The number of aliphatic imine (C=N–C) groups is 1. The van der Waals surface area contributed by atoms with Crippen LogP contribution < -0.4 is 10.6 Å². The highest BCUT2D eigenvalue weighted by molar-refractivity contribution is 9.10. The van der Waals surface area contributed by atoms with Crippen molar-refractivity contribution >= 4 is 21.9 Å². The van der Waals surface area contributed by atoms with Crippen molar-refractivity contribution in [1.29, 1.82) is 0 Å². The largest absolute Gasteiger partial charge is 0.357 e. The zero-order valence-electron chi connectivity index (χ0n) is 11.5. The number of aryl methyl sites for hydroxylation is 1. The first-order valence-electron chi connectivity index (χ1n) is 6.32. The fraction of sp³-hybridized carbons (Fsp3) is 0.500. The van der Waals surface area contributed by atoms with Gasteiger partial charge >= 0.3 is 0 Å². The van der Waals surface area contributed by atoms with Crippen LogP contribution in [0.15, 0.2) is 27.7 Å². The molecule has 2 N–H and O–H groups in total. The molecule has 0 radical (unpaired) electrons. The average Bonchev–Trinajstić information content (AvgIpc) is 2.27. The summed E-state index contributed by atoms with van der Waals surface area (Å²) in [5, 5.41) is 6.56. The zero-order chi connectivity index (χ0) is 13.5. The van der Waals surface area contributed by atoms with Gasteiger partial charge in [-0.3, -0.25) is 0 Å². The molecule has 0 fully saturated rings. The van der Waals surface area contributed by atoms with E-state index >= 15 is 0 Å². The second-order valence-corrected chi connectivity index (χ2v) is 5.48. The Kier molecular flexibility index (Phi) is 6.19. The fourth-order valence-electron chi connectivity index (χ4n) is 1.59. The van der Waals surface area contributed by atoms with Crippen molar-refractivity contribution in [2.45, 2.75) is 40.3 Å². The lowest BCUT2D eigenvalue weighted by atomic mass is 10.1. The first kappa shape index (κ1) is 15.0. The number of rotatable bonds is 4. The molecule has 1 aromatic carbocycles. The molecule has 100 valence electrons. The highest BCUT2D eigenvalue weighted by atomic mass is 79.9. The normalized spacial score (nSPS) is 11.8. The van der Waals surface area contributed by atoms with E-state index in [0.29, 0.717) is 12.6 Å². The van der Waals surface area contributed by atoms with Crippen molar-refractivity contribution in [2.24, 2.45) is 4.99 Å². The van der Waals surface area contributed by atoms with Gasteiger partial charge in [0.15, 0.2) is 5.96 Å². The Morgan fingerprint density at radius 2 is 2.11 bits per heavy atom. The molecule has 1 rings (SSSR count). The van der Waals surface area contributed by atoms with Crippen LogP contribution in [0.2, 0.25) is 0 Å². The summed E-state index contributed by atoms with van der Waals surface area (Å²) in [7, 11) is 0. The smallest absolute Gasteiger partial charge is 0.191 e. The van der Waals surface area contributed by atoms with Gasteiger partial charge < -0.3 is 10.6 Å². The van der Waals surface area contributed by atoms with Crippen LogP contribution in [0.3, 0.4) is 0 Å². The molecule has 0 aliphatic heterocycles. The lowest BCUT2D eigenvalue weighted by molar-refractivity contribution is 0.700. The van der Waals surface area contributed by atoms with Gasteiger partial charge in [-0.05, 0) is 51.0 Å². The van der Waals surface area contributed by atoms with Gasteiger partial charge in [0.2, 0.25) is 0 Å². The maximum Gasteiger partial charge on any atom is 0.191 e. The third kappa shape index (κ3) is 5.08. The Morgan fingerprint density at radius 3 is 2.67 bits per heavy atom. The van der Waals surface area contributed by atoms with Gasteiger partial charge in [-0.25, -0.2) is 4.99 Å². The van der Waals surface area contributed by atoms with E-state index < -0.39 is 0 Å². The zero-order valence-corrected chi connectivity index (χ0v) is 13.1. The predicted octanol–water partition coefficient (Wildman–Crippen LogP) is 3.22. The summed E-state index contributed by atoms with van der Waals surface area (Å²) < 4.78 is 1.11. The van der Waals surface area contributed by atoms with E-state index in [9.17, 15) is 0 Å². The van der Waals surface area contributed by atoms with Crippen molar-refractivity contribution in [2.75, 3.05) is 6.54 Å². The Hall–Kier alpha value is -1.03. The minimum atomic E-state index is 0.383. The molecule has 0 saturated carbocycles. The topological polar surface area (TPSA) is 36.4 Å². The Labute approximate surface area is 118 Å². The number of benzene rings is 1. The second kappa shape index (κ2) is 7.41. The van der Waals surface area contributed by atoms with Gasteiger partial charge in [0, 0.05) is 17.1 Å². The highest BCUT2D eigenvalue weighted by Crippen LogP contribution is 2.16. The number of guanidine groups is 1. The first-order chi connectivity index (χ1) is 8.52. The molecule has 0 saturated heterocycles. The van der Waals surface area contributed by atoms with Gasteiger partial charge in [0.05, 0.1) is 6.54 Å². The fourth-order valence-corrected chi connectivity index (χ4v) is 2.07. The summed E-state index contributed by atoms with van der Waals surface area (Å²) in [6.07, 6.45) is 0. The molecule has 0 aromatic heterocycles. The molecule has 1 aromatic rings. The number of hydrogen-bond acceptors (Lipinski definition) is 1. The molecule has 0 bridgehead atoms. The van der Waals surface area contributed by atoms with Crippen LogP contribution in [-0.2, 0) is 6.54 Å². The van der Waals surface area contributed by atoms with Gasteiger partial charge in [-0.15, -0.1) is 0 Å². The molecule has 0 heterocycles. The van der Waals surface area contributed by atoms with Crippen molar-refractivity contribution in [3.05, 3.63) is 33.8 Å². The summed E-state index contributed by atoms with van der Waals surface area (Å²) in [5.74, 6) is 0.870. The lowest BCUT2D eigenvalue weighted by Crippen LogP contribution is -2.41. The summed E-state index contributed by atoms with van der Waals surface area (Å²) in [6, 6.07) is 6.67. The van der Waals surface area contributed by atoms with E-state index in [2.05, 4.69) is 77.4 Å². The van der Waals surface area contributed by atoms with Crippen LogP contribution in [0, 0.1) is 6.92 Å². The third-order valence-corrected chi connectivity index (χ3v) is 2.98. The average molecular weight is 312 g/mol. The maximum absolute atomic E-state index is 4.59. The van der Waals surface area contributed by atoms with Crippen LogP contribution in [0.5, 0.6) is 0 Å². The van der Waals surface area contributed by atoms with E-state index in [-0.39, 0.29) is 0 Å². The summed E-state index contributed by atoms with van der Waals surface area (Å²) in [4.78, 5) is 4.59. The van der Waals surface area contributed by atoms with E-state index in [1.807, 2.05) is 0 Å². The predicted molar refractivity (Wildman–Crippen MR) is 82.0 cm³/mol. The minimum absolute atomic E-state index is 0.383. The number of hydrogen-bond donors (Lipinski definition) is 2. The van der Waals surface area contributed by atoms with Crippen LogP contribution in [0.25, 0.3) is 0 Å². The molecule has 0 aliphatic carbocycles. The molecule has 4 heteroatoms. The SMILES string of the molecule is CCNC(=NCc1ccc(Br)cc1C)NC(C)C. The maximum atomic E-state index is 4.59. The Morgan fingerprint density at radius 1 is 1.39 bits per heavy atom. The van der Waals surface area contributed by atoms with E-state index in [1.165, 1.54) is 11.1 Å². The monoisotopic (exact) mass is 311 g/mol. The van der Waals surface area contributed by atoms with Crippen molar-refractivity contribution in [3.8, 4) is 0 Å². The summed E-state index contributed by atoms with van der Waals surface area (Å²) in [6.45, 7) is 9.97. The van der Waals surface area contributed by atoms with Crippen LogP contribution in [0.4, 0.5) is 0 Å². The number of nitrogens with one attached hydrogen (secondary N) is 2. The Balaban J connectivity index is 2.74. The molecule has 18 heavy (non-hydrogen) atoms. The quantitative estimate of drug-likeness (QED) is 0.661. The van der Waals surface area contributed by atoms with Crippen molar-refractivity contribution in [1.82, 2.24) is 10.6 Å². The van der Waals surface area contributed by atoms with E-state index in [1.54, 1.807) is 0 Å². The van der Waals surface area contributed by atoms with Gasteiger partial charge in [-0.2, -0.15) is 0 Å². The second-order valence-electron chi connectivity index (χ2n) is 4.57. The molecule has 0 aliphatic rings. The standard InChI is InChI=1S/C14H22BrN3/c1-5-16-14(18-10(2)3)17-9-12-6-7-13(15)8-11(12)4/h6-8,10H,5,9H2,1-4H3,(H2,16,17,18). The van der Waals surface area contributed by atoms with E-state index in [0.717, 1.165) is 17.0 Å². The van der Waals surface area contributed by atoms with Crippen molar-refractivity contribution in [3.63, 3.8) is 0 Å². The molecule has 0 unspecified atom stereocenters. The summed E-state index contributed by atoms with van der Waals surface area (Å²) >= 11 is 3.47. The van der Waals surface area contributed by atoms with Gasteiger partial charge in [-0.1, -0.05) is 22.0 Å². The first-order valence-corrected chi connectivity index (χ1v) is 7.12. The van der Waals surface area contributed by atoms with Crippen LogP contribution in [0.1, 0.15) is 31.9 Å². The molecule has 0 atom stereocenters.